The van der Waals surface area contributed by atoms with Gasteiger partial charge in [0.25, 0.3) is 0 Å². The maximum absolute atomic E-state index is 13.9. The van der Waals surface area contributed by atoms with Crippen LogP contribution in [0.15, 0.2) is 59.5 Å². The van der Waals surface area contributed by atoms with Gasteiger partial charge < -0.3 is 14.4 Å². The molecule has 6 nitrogen and oxygen atoms in total. The van der Waals surface area contributed by atoms with Crippen molar-refractivity contribution < 1.29 is 23.9 Å². The predicted molar refractivity (Wildman–Crippen MR) is 164 cm³/mol. The number of carbonyl (C=O) groups excluding carboxylic acids is 3. The number of nitrogens with zero attached hydrogens (tertiary/aromatic N) is 1. The minimum Gasteiger partial charge on any atom is -0.480 e. The minimum absolute atomic E-state index is 0.0409. The Morgan fingerprint density at radius 1 is 0.927 bits per heavy atom. The summed E-state index contributed by atoms with van der Waals surface area (Å²) in [4.78, 5) is 41.8. The molecule has 1 fully saturated rings. The van der Waals surface area contributed by atoms with E-state index >= 15 is 0 Å². The van der Waals surface area contributed by atoms with Crippen molar-refractivity contribution in [2.45, 2.75) is 51.0 Å². The fraction of sp³-hybridized carbons (Fsp3) is 0.344. The van der Waals surface area contributed by atoms with Crippen LogP contribution < -0.4 is 9.47 Å². The molecule has 0 saturated carbocycles. The topological polar surface area (TPSA) is 72.9 Å². The third-order valence-corrected chi connectivity index (χ3v) is 8.98. The Balaban J connectivity index is 1.67. The van der Waals surface area contributed by atoms with Gasteiger partial charge in [-0.3, -0.25) is 9.59 Å². The number of thioether (sulfide) groups is 1. The van der Waals surface area contributed by atoms with Gasteiger partial charge in [-0.2, -0.15) is 0 Å². The Labute approximate surface area is 255 Å². The fourth-order valence-corrected chi connectivity index (χ4v) is 5.61. The first-order chi connectivity index (χ1) is 19.3. The Morgan fingerprint density at radius 3 is 2.12 bits per heavy atom. The number of likely N-dealkylation sites (tertiary alicyclic amines) is 1. The molecular formula is C32H33Cl2NO5S. The highest BCUT2D eigenvalue weighted by atomic mass is 35.5. The van der Waals surface area contributed by atoms with E-state index in [2.05, 4.69) is 0 Å². The lowest BCUT2D eigenvalue weighted by Gasteiger charge is -2.27. The van der Waals surface area contributed by atoms with E-state index in [0.717, 1.165) is 21.6 Å². The third kappa shape index (κ3) is 6.91. The van der Waals surface area contributed by atoms with Crippen molar-refractivity contribution in [3.05, 3.63) is 86.9 Å². The number of ketones is 2. The maximum Gasteiger partial charge on any atom is 0.415 e. The van der Waals surface area contributed by atoms with Gasteiger partial charge in [0.15, 0.2) is 17.2 Å². The minimum atomic E-state index is -0.975. The highest BCUT2D eigenvalue weighted by Gasteiger charge is 2.42. The number of benzene rings is 3. The first-order valence-electron chi connectivity index (χ1n) is 13.2. The van der Waals surface area contributed by atoms with E-state index in [9.17, 15) is 14.4 Å². The fourth-order valence-electron chi connectivity index (χ4n) is 4.92. The molecule has 2 atom stereocenters. The average molecular weight is 615 g/mol. The van der Waals surface area contributed by atoms with E-state index < -0.39 is 17.6 Å². The second kappa shape index (κ2) is 12.5. The van der Waals surface area contributed by atoms with Crippen LogP contribution in [0.5, 0.6) is 11.5 Å². The van der Waals surface area contributed by atoms with Gasteiger partial charge in [0.2, 0.25) is 0 Å². The molecule has 0 spiro atoms. The highest BCUT2D eigenvalue weighted by molar-refractivity contribution is 7.98. The number of hydrogen-bond donors (Lipinski definition) is 0. The SMILES string of the molecule is CSc1ccc(C(=O)[C@@H]2CN(C(=O)Oc3ccc(Cl)c(Cl)c3)C[C@H]2c2cc(C)c(OC(C)(C)C(C)=O)c(C)c2)cc1. The van der Waals surface area contributed by atoms with Crippen LogP contribution in [-0.2, 0) is 4.79 Å². The van der Waals surface area contributed by atoms with Gasteiger partial charge in [0.05, 0.1) is 10.0 Å². The monoisotopic (exact) mass is 613 g/mol. The summed E-state index contributed by atoms with van der Waals surface area (Å²) in [6.45, 7) is 9.32. The van der Waals surface area contributed by atoms with Crippen LogP contribution in [0, 0.1) is 19.8 Å². The summed E-state index contributed by atoms with van der Waals surface area (Å²) in [5, 5.41) is 0.634. The zero-order valence-electron chi connectivity index (χ0n) is 23.9. The van der Waals surface area contributed by atoms with Crippen molar-refractivity contribution in [2.75, 3.05) is 19.3 Å². The summed E-state index contributed by atoms with van der Waals surface area (Å²) >= 11 is 13.7. The number of ether oxygens (including phenoxy) is 2. The van der Waals surface area contributed by atoms with Gasteiger partial charge in [0, 0.05) is 41.5 Å². The Kier molecular flexibility index (Phi) is 9.42. The summed E-state index contributed by atoms with van der Waals surface area (Å²) in [6.07, 6.45) is 1.41. The van der Waals surface area contributed by atoms with Crippen LogP contribution in [-0.4, -0.2) is 47.5 Å². The van der Waals surface area contributed by atoms with Crippen molar-refractivity contribution in [3.8, 4) is 11.5 Å². The molecule has 9 heteroatoms. The normalized spacial score (nSPS) is 16.9. The van der Waals surface area contributed by atoms with Crippen LogP contribution in [0.3, 0.4) is 0 Å². The van der Waals surface area contributed by atoms with Gasteiger partial charge in [-0.1, -0.05) is 47.5 Å². The van der Waals surface area contributed by atoms with Gasteiger partial charge in [-0.15, -0.1) is 11.8 Å². The second-order valence-electron chi connectivity index (χ2n) is 10.8. The lowest BCUT2D eigenvalue weighted by Crippen LogP contribution is -2.36. The Bertz CT molecular complexity index is 1460. The van der Waals surface area contributed by atoms with Gasteiger partial charge in [-0.25, -0.2) is 4.79 Å². The lowest BCUT2D eigenvalue weighted by molar-refractivity contribution is -0.129. The molecule has 0 aromatic heterocycles. The van der Waals surface area contributed by atoms with E-state index in [-0.39, 0.29) is 41.3 Å². The Hall–Kier alpha value is -3.00. The van der Waals surface area contributed by atoms with E-state index in [4.69, 9.17) is 32.7 Å². The lowest BCUT2D eigenvalue weighted by atomic mass is 9.82. The predicted octanol–water partition coefficient (Wildman–Crippen LogP) is 8.18. The highest BCUT2D eigenvalue weighted by Crippen LogP contribution is 2.39. The molecule has 216 valence electrons. The van der Waals surface area contributed by atoms with E-state index in [1.54, 1.807) is 42.6 Å². The molecule has 0 radical (unpaired) electrons. The number of rotatable bonds is 8. The number of Topliss-reactive ketones (excluding diaryl/α,β-unsaturated/α-hetero) is 2. The van der Waals surface area contributed by atoms with Crippen molar-refractivity contribution in [3.63, 3.8) is 0 Å². The largest absolute Gasteiger partial charge is 0.480 e. The number of halogens is 2. The van der Waals surface area contributed by atoms with Gasteiger partial charge >= 0.3 is 6.09 Å². The molecule has 3 aromatic carbocycles. The van der Waals surface area contributed by atoms with Crippen molar-refractivity contribution >= 4 is 52.6 Å². The molecule has 1 aliphatic rings. The molecule has 41 heavy (non-hydrogen) atoms. The summed E-state index contributed by atoms with van der Waals surface area (Å²) < 4.78 is 11.7. The summed E-state index contributed by atoms with van der Waals surface area (Å²) in [5.74, 6) is 0.0152. The number of aryl methyl sites for hydroxylation is 2. The molecule has 1 heterocycles. The standard InChI is InChI=1S/C32H33Cl2NO5S/c1-18-13-22(14-19(2)30(18)40-32(4,5)20(3)36)25-16-35(31(38)39-23-9-12-27(33)28(34)15-23)17-26(25)29(37)21-7-10-24(41-6)11-8-21/h7-15,25-26H,16-17H2,1-6H3/t25-,26+/m0/s1. The molecule has 0 unspecified atom stereocenters. The summed E-state index contributed by atoms with van der Waals surface area (Å²) in [6, 6.07) is 16.1. The molecule has 1 saturated heterocycles. The first kappa shape index (κ1) is 30.9. The van der Waals surface area contributed by atoms with Crippen LogP contribution in [0.25, 0.3) is 0 Å². The van der Waals surface area contributed by atoms with Crippen molar-refractivity contribution in [2.24, 2.45) is 5.92 Å². The third-order valence-electron chi connectivity index (χ3n) is 7.50. The molecule has 4 rings (SSSR count). The van der Waals surface area contributed by atoms with E-state index in [1.165, 1.54) is 13.0 Å². The summed E-state index contributed by atoms with van der Waals surface area (Å²) in [7, 11) is 0. The van der Waals surface area contributed by atoms with Crippen LogP contribution in [0.2, 0.25) is 10.0 Å². The summed E-state index contributed by atoms with van der Waals surface area (Å²) in [5.41, 5.74) is 2.23. The zero-order valence-corrected chi connectivity index (χ0v) is 26.2. The van der Waals surface area contributed by atoms with Crippen LogP contribution >= 0.6 is 35.0 Å². The van der Waals surface area contributed by atoms with E-state index in [1.807, 2.05) is 56.5 Å². The van der Waals surface area contributed by atoms with Crippen molar-refractivity contribution in [1.29, 1.82) is 0 Å². The van der Waals surface area contributed by atoms with Crippen LogP contribution in [0.1, 0.15) is 53.7 Å². The molecule has 0 N–H and O–H groups in total. The number of carbonyl (C=O) groups is 3. The van der Waals surface area contributed by atoms with Gasteiger partial charge in [0.1, 0.15) is 11.5 Å². The zero-order chi connectivity index (χ0) is 30.1. The van der Waals surface area contributed by atoms with Gasteiger partial charge in [-0.05, 0) is 81.8 Å². The number of amides is 1. The number of hydrogen-bond acceptors (Lipinski definition) is 6. The maximum atomic E-state index is 13.9. The van der Waals surface area contributed by atoms with Crippen molar-refractivity contribution in [1.82, 2.24) is 4.90 Å². The molecule has 1 amide bonds. The Morgan fingerprint density at radius 2 is 1.56 bits per heavy atom. The first-order valence-corrected chi connectivity index (χ1v) is 15.2. The van der Waals surface area contributed by atoms with E-state index in [0.29, 0.717) is 16.3 Å². The molecule has 1 aliphatic heterocycles. The van der Waals surface area contributed by atoms with Crippen LogP contribution in [0.4, 0.5) is 4.79 Å². The second-order valence-corrected chi connectivity index (χ2v) is 12.5. The molecule has 0 aliphatic carbocycles. The smallest absolute Gasteiger partial charge is 0.415 e. The molecule has 0 bridgehead atoms. The quantitative estimate of drug-likeness (QED) is 0.188. The average Bonchev–Trinajstić information content (AvgIpc) is 3.38. The molecular weight excluding hydrogens is 581 g/mol. The molecule has 3 aromatic rings.